The van der Waals surface area contributed by atoms with Gasteiger partial charge in [0, 0.05) is 23.2 Å². The number of carbonyl (C=O) groups excluding carboxylic acids is 2. The van der Waals surface area contributed by atoms with Crippen molar-refractivity contribution in [2.24, 2.45) is 0 Å². The standard InChI is InChI=1S/C24H21NO4/c1-14(2)24(27)29-21-11-9-16(12-22(21)28-3)19-13-20(26)23-17-7-5-4-6-15(17)8-10-18(23)25-19/h4-12,19,25H,1,13H2,2-3H3. The second kappa shape index (κ2) is 7.43. The smallest absolute Gasteiger partial charge is 0.338 e. The average molecular weight is 387 g/mol. The predicted molar refractivity (Wildman–Crippen MR) is 113 cm³/mol. The summed E-state index contributed by atoms with van der Waals surface area (Å²) in [6.07, 6.45) is 0.328. The SMILES string of the molecule is C=C(C)C(=O)Oc1ccc(C2CC(=O)c3c(ccc4ccccc34)N2)cc1OC. The highest BCUT2D eigenvalue weighted by Gasteiger charge is 2.28. The predicted octanol–water partition coefficient (Wildman–Crippen LogP) is 5.07. The number of Topliss-reactive ketones (excluding diaryl/α,β-unsaturated/α-hetero) is 1. The molecule has 1 aliphatic heterocycles. The van der Waals surface area contributed by atoms with E-state index in [0.717, 1.165) is 27.6 Å². The first kappa shape index (κ1) is 18.7. The third-order valence-corrected chi connectivity index (χ3v) is 5.07. The summed E-state index contributed by atoms with van der Waals surface area (Å²) in [6.45, 7) is 5.17. The number of benzene rings is 3. The molecule has 0 radical (unpaired) electrons. The molecular formula is C24H21NO4. The molecule has 146 valence electrons. The number of ketones is 1. The van der Waals surface area contributed by atoms with Gasteiger partial charge < -0.3 is 14.8 Å². The summed E-state index contributed by atoms with van der Waals surface area (Å²) < 4.78 is 10.7. The quantitative estimate of drug-likeness (QED) is 0.385. The number of fused-ring (bicyclic) bond motifs is 3. The van der Waals surface area contributed by atoms with Crippen molar-refractivity contribution in [1.82, 2.24) is 0 Å². The van der Waals surface area contributed by atoms with Crippen molar-refractivity contribution in [3.8, 4) is 11.5 Å². The Morgan fingerprint density at radius 3 is 2.66 bits per heavy atom. The van der Waals surface area contributed by atoms with Crippen LogP contribution in [0.3, 0.4) is 0 Å². The van der Waals surface area contributed by atoms with Crippen molar-refractivity contribution in [2.75, 3.05) is 12.4 Å². The van der Waals surface area contributed by atoms with Crippen molar-refractivity contribution in [3.05, 3.63) is 77.9 Å². The van der Waals surface area contributed by atoms with Crippen LogP contribution < -0.4 is 14.8 Å². The lowest BCUT2D eigenvalue weighted by atomic mass is 9.89. The van der Waals surface area contributed by atoms with Crippen LogP contribution in [0.15, 0.2) is 66.7 Å². The highest BCUT2D eigenvalue weighted by Crippen LogP contribution is 2.39. The number of ether oxygens (including phenoxy) is 2. The topological polar surface area (TPSA) is 64.6 Å². The third kappa shape index (κ3) is 3.47. The number of hydrogen-bond acceptors (Lipinski definition) is 5. The zero-order valence-electron chi connectivity index (χ0n) is 16.3. The Labute approximate surface area is 168 Å². The van der Waals surface area contributed by atoms with E-state index in [1.165, 1.54) is 7.11 Å². The zero-order chi connectivity index (χ0) is 20.5. The van der Waals surface area contributed by atoms with Crippen LogP contribution >= 0.6 is 0 Å². The molecule has 1 unspecified atom stereocenters. The maximum atomic E-state index is 13.0. The molecular weight excluding hydrogens is 366 g/mol. The van der Waals surface area contributed by atoms with Crippen LogP contribution in [0.4, 0.5) is 5.69 Å². The molecule has 0 aromatic heterocycles. The molecule has 0 saturated carbocycles. The summed E-state index contributed by atoms with van der Waals surface area (Å²) in [5.41, 5.74) is 2.74. The molecule has 1 heterocycles. The Hall–Kier alpha value is -3.60. The van der Waals surface area contributed by atoms with Crippen molar-refractivity contribution in [2.45, 2.75) is 19.4 Å². The lowest BCUT2D eigenvalue weighted by Gasteiger charge is -2.28. The summed E-state index contributed by atoms with van der Waals surface area (Å²) in [5, 5.41) is 5.47. The van der Waals surface area contributed by atoms with Gasteiger partial charge in [0.15, 0.2) is 17.3 Å². The summed E-state index contributed by atoms with van der Waals surface area (Å²) in [5.74, 6) is 0.327. The Kier molecular flexibility index (Phi) is 4.80. The zero-order valence-corrected chi connectivity index (χ0v) is 16.3. The van der Waals surface area contributed by atoms with Gasteiger partial charge in [0.2, 0.25) is 0 Å². The van der Waals surface area contributed by atoms with Crippen LogP contribution in [0.25, 0.3) is 10.8 Å². The number of anilines is 1. The van der Waals surface area contributed by atoms with E-state index in [2.05, 4.69) is 11.9 Å². The first-order chi connectivity index (χ1) is 14.0. The Balaban J connectivity index is 1.66. The summed E-state index contributed by atoms with van der Waals surface area (Å²) in [6, 6.07) is 16.9. The molecule has 0 amide bonds. The Morgan fingerprint density at radius 2 is 1.90 bits per heavy atom. The van der Waals surface area contributed by atoms with Crippen LogP contribution in [-0.2, 0) is 4.79 Å². The highest BCUT2D eigenvalue weighted by atomic mass is 16.6. The Bertz CT molecular complexity index is 1150. The molecule has 4 rings (SSSR count). The minimum Gasteiger partial charge on any atom is -0.493 e. The number of nitrogens with one attached hydrogen (secondary N) is 1. The van der Waals surface area contributed by atoms with Gasteiger partial charge in [-0.15, -0.1) is 0 Å². The molecule has 1 aliphatic rings. The second-order valence-corrected chi connectivity index (χ2v) is 7.11. The van der Waals surface area contributed by atoms with E-state index >= 15 is 0 Å². The van der Waals surface area contributed by atoms with Crippen LogP contribution in [0.2, 0.25) is 0 Å². The van der Waals surface area contributed by atoms with Crippen molar-refractivity contribution >= 4 is 28.2 Å². The molecule has 0 fully saturated rings. The summed E-state index contributed by atoms with van der Waals surface area (Å²) in [7, 11) is 1.51. The second-order valence-electron chi connectivity index (χ2n) is 7.11. The molecule has 29 heavy (non-hydrogen) atoms. The maximum absolute atomic E-state index is 13.0. The normalized spacial score (nSPS) is 15.4. The largest absolute Gasteiger partial charge is 0.493 e. The number of carbonyl (C=O) groups is 2. The third-order valence-electron chi connectivity index (χ3n) is 5.07. The van der Waals surface area contributed by atoms with E-state index in [-0.39, 0.29) is 11.8 Å². The number of methoxy groups -OCH3 is 1. The van der Waals surface area contributed by atoms with E-state index in [1.807, 2.05) is 42.5 Å². The Morgan fingerprint density at radius 1 is 1.10 bits per heavy atom. The molecule has 3 aromatic carbocycles. The molecule has 0 aliphatic carbocycles. The van der Waals surface area contributed by atoms with Crippen LogP contribution in [0.1, 0.15) is 35.3 Å². The molecule has 0 bridgehead atoms. The van der Waals surface area contributed by atoms with Crippen LogP contribution in [-0.4, -0.2) is 18.9 Å². The molecule has 0 saturated heterocycles. The summed E-state index contributed by atoms with van der Waals surface area (Å²) in [4.78, 5) is 24.8. The minimum absolute atomic E-state index is 0.0947. The fraction of sp³-hybridized carbons (Fsp3) is 0.167. The van der Waals surface area contributed by atoms with Crippen LogP contribution in [0.5, 0.6) is 11.5 Å². The van der Waals surface area contributed by atoms with Gasteiger partial charge in [0.25, 0.3) is 0 Å². The van der Waals surface area contributed by atoms with Gasteiger partial charge in [-0.2, -0.15) is 0 Å². The van der Waals surface area contributed by atoms with Crippen molar-refractivity contribution in [1.29, 1.82) is 0 Å². The van der Waals surface area contributed by atoms with E-state index in [9.17, 15) is 9.59 Å². The van der Waals surface area contributed by atoms with E-state index in [1.54, 1.807) is 19.1 Å². The lowest BCUT2D eigenvalue weighted by molar-refractivity contribution is -0.130. The number of esters is 1. The fourth-order valence-electron chi connectivity index (χ4n) is 3.59. The first-order valence-electron chi connectivity index (χ1n) is 9.35. The summed E-state index contributed by atoms with van der Waals surface area (Å²) >= 11 is 0. The van der Waals surface area contributed by atoms with Crippen LogP contribution in [0, 0.1) is 0 Å². The molecule has 5 heteroatoms. The van der Waals surface area contributed by atoms with Gasteiger partial charge in [-0.25, -0.2) is 4.79 Å². The van der Waals surface area contributed by atoms with Gasteiger partial charge in [-0.05, 0) is 41.5 Å². The van der Waals surface area contributed by atoms with Gasteiger partial charge in [-0.3, -0.25) is 4.79 Å². The monoisotopic (exact) mass is 387 g/mol. The molecule has 5 nitrogen and oxygen atoms in total. The average Bonchev–Trinajstić information content (AvgIpc) is 2.73. The van der Waals surface area contributed by atoms with Gasteiger partial charge >= 0.3 is 5.97 Å². The van der Waals surface area contributed by atoms with Crippen molar-refractivity contribution in [3.63, 3.8) is 0 Å². The first-order valence-corrected chi connectivity index (χ1v) is 9.35. The lowest BCUT2D eigenvalue weighted by Crippen LogP contribution is -2.23. The molecule has 1 N–H and O–H groups in total. The number of hydrogen-bond donors (Lipinski definition) is 1. The number of rotatable bonds is 4. The molecule has 0 spiro atoms. The van der Waals surface area contributed by atoms with E-state index in [4.69, 9.17) is 9.47 Å². The highest BCUT2D eigenvalue weighted by molar-refractivity contribution is 6.14. The van der Waals surface area contributed by atoms with Gasteiger partial charge in [-0.1, -0.05) is 43.0 Å². The van der Waals surface area contributed by atoms with Gasteiger partial charge in [0.05, 0.1) is 13.2 Å². The molecule has 3 aromatic rings. The fourth-order valence-corrected chi connectivity index (χ4v) is 3.59. The maximum Gasteiger partial charge on any atom is 0.338 e. The minimum atomic E-state index is -0.511. The van der Waals surface area contributed by atoms with E-state index < -0.39 is 5.97 Å². The van der Waals surface area contributed by atoms with Crippen molar-refractivity contribution < 1.29 is 19.1 Å². The molecule has 1 atom stereocenters. The van der Waals surface area contributed by atoms with Gasteiger partial charge in [0.1, 0.15) is 0 Å². The van der Waals surface area contributed by atoms with E-state index in [0.29, 0.717) is 23.5 Å².